The summed E-state index contributed by atoms with van der Waals surface area (Å²) < 4.78 is 16.0. The molecule has 0 radical (unpaired) electrons. The van der Waals surface area contributed by atoms with Gasteiger partial charge in [-0.05, 0) is 30.3 Å². The second-order valence-corrected chi connectivity index (χ2v) is 5.97. The number of rotatable bonds is 5. The van der Waals surface area contributed by atoms with Gasteiger partial charge in [0.2, 0.25) is 11.7 Å². The van der Waals surface area contributed by atoms with Crippen molar-refractivity contribution < 1.29 is 18.5 Å². The van der Waals surface area contributed by atoms with Crippen LogP contribution >= 0.6 is 0 Å². The molecule has 134 valence electrons. The smallest absolute Gasteiger partial charge is 0.261 e. The maximum absolute atomic E-state index is 11.1. The summed E-state index contributed by atoms with van der Waals surface area (Å²) in [6, 6.07) is 9.66. The number of morpholine rings is 1. The molecule has 0 spiro atoms. The van der Waals surface area contributed by atoms with Gasteiger partial charge in [0, 0.05) is 24.3 Å². The fourth-order valence-electron chi connectivity index (χ4n) is 2.92. The fourth-order valence-corrected chi connectivity index (χ4v) is 2.92. The molecule has 0 atom stereocenters. The van der Waals surface area contributed by atoms with Gasteiger partial charge in [0.05, 0.1) is 31.5 Å². The first-order chi connectivity index (χ1) is 12.7. The lowest BCUT2D eigenvalue weighted by atomic mass is 10.1. The van der Waals surface area contributed by atoms with Crippen molar-refractivity contribution in [2.75, 3.05) is 31.2 Å². The SMILES string of the molecule is NC(=O)Cc1occc1-c1nc(-c2ccc(N3CCOCC3)cc2)no1. The summed E-state index contributed by atoms with van der Waals surface area (Å²) in [6.07, 6.45) is 1.45. The van der Waals surface area contributed by atoms with Gasteiger partial charge in [-0.3, -0.25) is 4.79 Å². The number of nitrogens with zero attached hydrogens (tertiary/aromatic N) is 3. The number of amides is 1. The van der Waals surface area contributed by atoms with Crippen molar-refractivity contribution in [3.63, 3.8) is 0 Å². The number of carbonyl (C=O) groups excluding carboxylic acids is 1. The molecule has 0 saturated carbocycles. The normalized spacial score (nSPS) is 14.5. The van der Waals surface area contributed by atoms with Crippen LogP contribution in [0.4, 0.5) is 5.69 Å². The number of primary amides is 1. The van der Waals surface area contributed by atoms with Crippen molar-refractivity contribution in [1.82, 2.24) is 10.1 Å². The lowest BCUT2D eigenvalue weighted by Gasteiger charge is -2.28. The van der Waals surface area contributed by atoms with E-state index in [4.69, 9.17) is 19.4 Å². The quantitative estimate of drug-likeness (QED) is 0.745. The number of anilines is 1. The summed E-state index contributed by atoms with van der Waals surface area (Å²) in [7, 11) is 0. The topological polar surface area (TPSA) is 108 Å². The standard InChI is InChI=1S/C18H18N4O4/c19-16(23)11-15-14(5-8-25-15)18-20-17(21-26-18)12-1-3-13(4-2-12)22-6-9-24-10-7-22/h1-5,8H,6-7,9-11H2,(H2,19,23). The lowest BCUT2D eigenvalue weighted by molar-refractivity contribution is -0.117. The molecule has 1 saturated heterocycles. The molecule has 0 unspecified atom stereocenters. The highest BCUT2D eigenvalue weighted by Crippen LogP contribution is 2.27. The molecular formula is C18H18N4O4. The molecule has 0 aliphatic carbocycles. The van der Waals surface area contributed by atoms with E-state index in [9.17, 15) is 4.79 Å². The van der Waals surface area contributed by atoms with Crippen molar-refractivity contribution in [2.24, 2.45) is 5.73 Å². The molecule has 1 aliphatic rings. The highest BCUT2D eigenvalue weighted by Gasteiger charge is 2.18. The molecule has 1 aromatic carbocycles. The second kappa shape index (κ2) is 7.01. The Hall–Kier alpha value is -3.13. The Morgan fingerprint density at radius 1 is 1.15 bits per heavy atom. The highest BCUT2D eigenvalue weighted by molar-refractivity contribution is 5.78. The Bertz CT molecular complexity index is 894. The summed E-state index contributed by atoms with van der Waals surface area (Å²) in [5, 5.41) is 4.03. The maximum atomic E-state index is 11.1. The first kappa shape index (κ1) is 16.3. The van der Waals surface area contributed by atoms with Crippen LogP contribution < -0.4 is 10.6 Å². The number of hydrogen-bond acceptors (Lipinski definition) is 7. The average Bonchev–Trinajstić information content (AvgIpc) is 3.31. The minimum absolute atomic E-state index is 0.0196. The molecule has 8 heteroatoms. The molecule has 8 nitrogen and oxygen atoms in total. The molecule has 2 aromatic heterocycles. The van der Waals surface area contributed by atoms with Crippen LogP contribution in [0.2, 0.25) is 0 Å². The van der Waals surface area contributed by atoms with Crippen LogP contribution in [0.3, 0.4) is 0 Å². The van der Waals surface area contributed by atoms with Gasteiger partial charge in [-0.25, -0.2) is 0 Å². The van der Waals surface area contributed by atoms with Gasteiger partial charge < -0.3 is 24.3 Å². The molecule has 26 heavy (non-hydrogen) atoms. The van der Waals surface area contributed by atoms with E-state index in [-0.39, 0.29) is 6.42 Å². The van der Waals surface area contributed by atoms with Gasteiger partial charge >= 0.3 is 0 Å². The summed E-state index contributed by atoms with van der Waals surface area (Å²) in [6.45, 7) is 3.26. The largest absolute Gasteiger partial charge is 0.468 e. The number of nitrogens with two attached hydrogens (primary N) is 1. The van der Waals surface area contributed by atoms with E-state index in [1.807, 2.05) is 24.3 Å². The first-order valence-electron chi connectivity index (χ1n) is 8.32. The molecule has 3 aromatic rings. The number of benzene rings is 1. The van der Waals surface area contributed by atoms with Gasteiger partial charge in [0.15, 0.2) is 0 Å². The van der Waals surface area contributed by atoms with E-state index in [0.29, 0.717) is 23.0 Å². The summed E-state index contributed by atoms with van der Waals surface area (Å²) >= 11 is 0. The third-order valence-electron chi connectivity index (χ3n) is 4.24. The van der Waals surface area contributed by atoms with Crippen molar-refractivity contribution >= 4 is 11.6 Å². The van der Waals surface area contributed by atoms with Crippen molar-refractivity contribution in [1.29, 1.82) is 0 Å². The van der Waals surface area contributed by atoms with Crippen LogP contribution in [0.15, 0.2) is 45.5 Å². The van der Waals surface area contributed by atoms with E-state index >= 15 is 0 Å². The van der Waals surface area contributed by atoms with Gasteiger partial charge in [-0.2, -0.15) is 4.98 Å². The number of carbonyl (C=O) groups is 1. The van der Waals surface area contributed by atoms with Crippen LogP contribution in [0.5, 0.6) is 0 Å². The molecule has 1 fully saturated rings. The molecule has 1 aliphatic heterocycles. The zero-order valence-corrected chi connectivity index (χ0v) is 14.1. The fraction of sp³-hybridized carbons (Fsp3) is 0.278. The number of aromatic nitrogens is 2. The summed E-state index contributed by atoms with van der Waals surface area (Å²) in [5.41, 5.74) is 7.78. The Labute approximate surface area is 149 Å². The highest BCUT2D eigenvalue weighted by atomic mass is 16.5. The van der Waals surface area contributed by atoms with Gasteiger partial charge in [0.1, 0.15) is 5.76 Å². The van der Waals surface area contributed by atoms with E-state index in [0.717, 1.165) is 37.6 Å². The van der Waals surface area contributed by atoms with Crippen molar-refractivity contribution in [3.05, 3.63) is 42.4 Å². The van der Waals surface area contributed by atoms with Gasteiger partial charge in [-0.15, -0.1) is 0 Å². The van der Waals surface area contributed by atoms with Crippen LogP contribution in [0.25, 0.3) is 22.8 Å². The summed E-state index contributed by atoms with van der Waals surface area (Å²) in [5.74, 6) is 0.692. The monoisotopic (exact) mass is 354 g/mol. The molecular weight excluding hydrogens is 336 g/mol. The predicted octanol–water partition coefficient (Wildman–Crippen LogP) is 1.86. The third-order valence-corrected chi connectivity index (χ3v) is 4.24. The van der Waals surface area contributed by atoms with Crippen LogP contribution in [0, 0.1) is 0 Å². The molecule has 4 rings (SSSR count). The number of furan rings is 1. The molecule has 3 heterocycles. The zero-order valence-electron chi connectivity index (χ0n) is 14.1. The number of ether oxygens (including phenoxy) is 1. The van der Waals surface area contributed by atoms with Crippen LogP contribution in [-0.4, -0.2) is 42.4 Å². The Morgan fingerprint density at radius 3 is 2.65 bits per heavy atom. The van der Waals surface area contributed by atoms with Crippen LogP contribution in [-0.2, 0) is 16.0 Å². The van der Waals surface area contributed by atoms with E-state index < -0.39 is 5.91 Å². The summed E-state index contributed by atoms with van der Waals surface area (Å²) in [4.78, 5) is 17.8. The number of hydrogen-bond donors (Lipinski definition) is 1. The zero-order chi connectivity index (χ0) is 17.9. The maximum Gasteiger partial charge on any atom is 0.261 e. The van der Waals surface area contributed by atoms with E-state index in [1.165, 1.54) is 6.26 Å². The van der Waals surface area contributed by atoms with Crippen molar-refractivity contribution in [3.8, 4) is 22.8 Å². The third kappa shape index (κ3) is 3.31. The lowest BCUT2D eigenvalue weighted by Crippen LogP contribution is -2.36. The van der Waals surface area contributed by atoms with Crippen molar-refractivity contribution in [2.45, 2.75) is 6.42 Å². The van der Waals surface area contributed by atoms with Gasteiger partial charge in [0.25, 0.3) is 5.89 Å². The van der Waals surface area contributed by atoms with E-state index in [2.05, 4.69) is 15.0 Å². The molecule has 1 amide bonds. The average molecular weight is 354 g/mol. The minimum Gasteiger partial charge on any atom is -0.468 e. The second-order valence-electron chi connectivity index (χ2n) is 5.97. The Morgan fingerprint density at radius 2 is 1.92 bits per heavy atom. The minimum atomic E-state index is -0.486. The Kier molecular flexibility index (Phi) is 4.40. The van der Waals surface area contributed by atoms with Crippen LogP contribution in [0.1, 0.15) is 5.76 Å². The molecule has 2 N–H and O–H groups in total. The first-order valence-corrected chi connectivity index (χ1v) is 8.32. The van der Waals surface area contributed by atoms with E-state index in [1.54, 1.807) is 6.07 Å². The Balaban J connectivity index is 1.54. The predicted molar refractivity (Wildman–Crippen MR) is 93.4 cm³/mol. The molecule has 0 bridgehead atoms. The van der Waals surface area contributed by atoms with Gasteiger partial charge in [-0.1, -0.05) is 5.16 Å².